The van der Waals surface area contributed by atoms with E-state index in [1.807, 2.05) is 24.3 Å². The minimum Gasteiger partial charge on any atom is -0.268 e. The third kappa shape index (κ3) is 4.72. The first-order valence-electron chi connectivity index (χ1n) is 7.85. The van der Waals surface area contributed by atoms with Gasteiger partial charge in [-0.3, -0.25) is 24.6 Å². The second-order valence-electron chi connectivity index (χ2n) is 5.62. The summed E-state index contributed by atoms with van der Waals surface area (Å²) >= 11 is 4.24. The van der Waals surface area contributed by atoms with Crippen molar-refractivity contribution in [3.63, 3.8) is 0 Å². The fraction of sp³-hybridized carbons (Fsp3) is 0.0526. The van der Waals surface area contributed by atoms with Gasteiger partial charge in [0.1, 0.15) is 0 Å². The lowest BCUT2D eigenvalue weighted by molar-refractivity contribution is -0.384. The molecule has 0 N–H and O–H groups in total. The standard InChI is InChI=1S/C19H13BrN2O4S/c20-15-8-4-14(5-9-15)12-21-18(23)17(27-19(21)24)3-1-2-13-6-10-16(11-7-13)22(25)26/h1-11H,12H2/b2-1+,17-3-. The first-order chi connectivity index (χ1) is 12.9. The van der Waals surface area contributed by atoms with Crippen LogP contribution in [0.1, 0.15) is 11.1 Å². The molecule has 1 fully saturated rings. The number of nitro groups is 1. The topological polar surface area (TPSA) is 80.5 Å². The number of hydrogen-bond donors (Lipinski definition) is 0. The van der Waals surface area contributed by atoms with E-state index in [-0.39, 0.29) is 23.4 Å². The number of nitro benzene ring substituents is 1. The van der Waals surface area contributed by atoms with E-state index >= 15 is 0 Å². The lowest BCUT2D eigenvalue weighted by Crippen LogP contribution is -2.27. The van der Waals surface area contributed by atoms with Gasteiger partial charge in [0.15, 0.2) is 0 Å². The smallest absolute Gasteiger partial charge is 0.268 e. The predicted molar refractivity (Wildman–Crippen MR) is 108 cm³/mol. The molecule has 0 radical (unpaired) electrons. The second kappa shape index (κ2) is 8.32. The molecule has 1 heterocycles. The van der Waals surface area contributed by atoms with Crippen LogP contribution in [-0.4, -0.2) is 21.0 Å². The summed E-state index contributed by atoms with van der Waals surface area (Å²) in [5.41, 5.74) is 1.63. The molecule has 3 rings (SSSR count). The molecule has 1 aliphatic rings. The first-order valence-corrected chi connectivity index (χ1v) is 9.46. The van der Waals surface area contributed by atoms with Crippen LogP contribution < -0.4 is 0 Å². The number of imide groups is 1. The summed E-state index contributed by atoms with van der Waals surface area (Å²) in [6, 6.07) is 13.5. The maximum atomic E-state index is 12.4. The Bertz CT molecular complexity index is 953. The number of hydrogen-bond acceptors (Lipinski definition) is 5. The first kappa shape index (κ1) is 19.1. The summed E-state index contributed by atoms with van der Waals surface area (Å²) < 4.78 is 0.927. The monoisotopic (exact) mass is 444 g/mol. The van der Waals surface area contributed by atoms with Crippen LogP contribution in [0.4, 0.5) is 10.5 Å². The van der Waals surface area contributed by atoms with E-state index in [0.29, 0.717) is 4.91 Å². The van der Waals surface area contributed by atoms with E-state index in [9.17, 15) is 19.7 Å². The molecule has 2 aromatic carbocycles. The third-order valence-electron chi connectivity index (χ3n) is 3.77. The molecule has 2 aromatic rings. The van der Waals surface area contributed by atoms with Gasteiger partial charge in [-0.1, -0.05) is 40.2 Å². The highest BCUT2D eigenvalue weighted by atomic mass is 79.9. The fourth-order valence-electron chi connectivity index (χ4n) is 2.38. The Morgan fingerprint density at radius 2 is 1.74 bits per heavy atom. The minimum absolute atomic E-state index is 0.0150. The summed E-state index contributed by atoms with van der Waals surface area (Å²) in [5.74, 6) is -0.332. The SMILES string of the molecule is O=C1S/C(=C\C=C\c2ccc([N+](=O)[O-])cc2)C(=O)N1Cc1ccc(Br)cc1. The Labute approximate surface area is 167 Å². The van der Waals surface area contributed by atoms with Crippen LogP contribution in [0, 0.1) is 10.1 Å². The molecule has 2 amide bonds. The van der Waals surface area contributed by atoms with Crippen molar-refractivity contribution in [1.82, 2.24) is 4.90 Å². The van der Waals surface area contributed by atoms with E-state index in [1.54, 1.807) is 30.4 Å². The molecular weight excluding hydrogens is 432 g/mol. The van der Waals surface area contributed by atoms with Crippen molar-refractivity contribution in [2.45, 2.75) is 6.54 Å². The molecule has 0 aliphatic carbocycles. The van der Waals surface area contributed by atoms with Crippen LogP contribution >= 0.6 is 27.7 Å². The van der Waals surface area contributed by atoms with Gasteiger partial charge >= 0.3 is 0 Å². The van der Waals surface area contributed by atoms with Crippen molar-refractivity contribution < 1.29 is 14.5 Å². The molecule has 0 saturated carbocycles. The molecule has 0 aromatic heterocycles. The van der Waals surface area contributed by atoms with Crippen molar-refractivity contribution >= 4 is 50.6 Å². The van der Waals surface area contributed by atoms with Crippen LogP contribution in [0.25, 0.3) is 6.08 Å². The zero-order valence-corrected chi connectivity index (χ0v) is 16.3. The molecule has 27 heavy (non-hydrogen) atoms. The predicted octanol–water partition coefficient (Wildman–Crippen LogP) is 5.15. The van der Waals surface area contributed by atoms with E-state index < -0.39 is 4.92 Å². The van der Waals surface area contributed by atoms with Crippen LogP contribution in [0.3, 0.4) is 0 Å². The van der Waals surface area contributed by atoms with Crippen molar-refractivity contribution in [2.24, 2.45) is 0 Å². The highest BCUT2D eigenvalue weighted by Gasteiger charge is 2.34. The Balaban J connectivity index is 1.68. The van der Waals surface area contributed by atoms with Gasteiger partial charge in [-0.05, 0) is 53.2 Å². The molecule has 0 bridgehead atoms. The number of allylic oxidation sites excluding steroid dienone is 2. The number of nitrogens with zero attached hydrogens (tertiary/aromatic N) is 2. The average Bonchev–Trinajstić information content (AvgIpc) is 2.91. The van der Waals surface area contributed by atoms with Gasteiger partial charge in [-0.25, -0.2) is 0 Å². The lowest BCUT2D eigenvalue weighted by atomic mass is 10.2. The summed E-state index contributed by atoms with van der Waals surface area (Å²) in [6.07, 6.45) is 4.94. The Hall–Kier alpha value is -2.71. The van der Waals surface area contributed by atoms with Crippen molar-refractivity contribution in [1.29, 1.82) is 0 Å². The zero-order valence-electron chi connectivity index (χ0n) is 13.9. The Kier molecular flexibility index (Phi) is 5.88. The number of thioether (sulfide) groups is 1. The highest BCUT2D eigenvalue weighted by molar-refractivity contribution is 9.10. The van der Waals surface area contributed by atoms with Crippen LogP contribution in [0.15, 0.2) is 70.1 Å². The maximum absolute atomic E-state index is 12.4. The second-order valence-corrected chi connectivity index (χ2v) is 7.53. The molecule has 1 aliphatic heterocycles. The molecule has 0 spiro atoms. The maximum Gasteiger partial charge on any atom is 0.293 e. The molecule has 6 nitrogen and oxygen atoms in total. The van der Waals surface area contributed by atoms with Crippen molar-refractivity contribution in [3.05, 3.63) is 91.3 Å². The van der Waals surface area contributed by atoms with Gasteiger partial charge in [0, 0.05) is 16.6 Å². The Morgan fingerprint density at radius 1 is 1.07 bits per heavy atom. The molecule has 1 saturated heterocycles. The van der Waals surface area contributed by atoms with Crippen molar-refractivity contribution in [2.75, 3.05) is 0 Å². The van der Waals surface area contributed by atoms with Gasteiger partial charge in [-0.2, -0.15) is 0 Å². The molecule has 0 atom stereocenters. The third-order valence-corrected chi connectivity index (χ3v) is 5.22. The summed E-state index contributed by atoms with van der Waals surface area (Å²) in [6.45, 7) is 0.224. The Morgan fingerprint density at radius 3 is 2.37 bits per heavy atom. The van der Waals surface area contributed by atoms with Crippen LogP contribution in [0.5, 0.6) is 0 Å². The van der Waals surface area contributed by atoms with Crippen LogP contribution in [0.2, 0.25) is 0 Å². The fourth-order valence-corrected chi connectivity index (χ4v) is 3.43. The normalized spacial score (nSPS) is 15.9. The van der Waals surface area contributed by atoms with E-state index in [0.717, 1.165) is 27.4 Å². The zero-order chi connectivity index (χ0) is 19.4. The summed E-state index contributed by atoms with van der Waals surface area (Å²) in [7, 11) is 0. The van der Waals surface area contributed by atoms with E-state index in [2.05, 4.69) is 15.9 Å². The van der Waals surface area contributed by atoms with Gasteiger partial charge in [0.05, 0.1) is 16.4 Å². The number of amides is 2. The highest BCUT2D eigenvalue weighted by Crippen LogP contribution is 2.32. The molecular formula is C19H13BrN2O4S. The quantitative estimate of drug-likeness (QED) is 0.361. The summed E-state index contributed by atoms with van der Waals surface area (Å²) in [5, 5.41) is 10.3. The van der Waals surface area contributed by atoms with Gasteiger partial charge in [0.2, 0.25) is 0 Å². The summed E-state index contributed by atoms with van der Waals surface area (Å²) in [4.78, 5) is 36.3. The lowest BCUT2D eigenvalue weighted by Gasteiger charge is -2.12. The largest absolute Gasteiger partial charge is 0.293 e. The molecule has 8 heteroatoms. The number of halogens is 1. The average molecular weight is 445 g/mol. The number of carbonyl (C=O) groups excluding carboxylic acids is 2. The van der Waals surface area contributed by atoms with E-state index in [1.165, 1.54) is 17.0 Å². The van der Waals surface area contributed by atoms with Gasteiger partial charge in [0.25, 0.3) is 16.8 Å². The van der Waals surface area contributed by atoms with Crippen molar-refractivity contribution in [3.8, 4) is 0 Å². The van der Waals surface area contributed by atoms with E-state index in [4.69, 9.17) is 0 Å². The number of carbonyl (C=O) groups is 2. The van der Waals surface area contributed by atoms with Crippen LogP contribution in [-0.2, 0) is 11.3 Å². The minimum atomic E-state index is -0.463. The number of rotatable bonds is 5. The molecule has 136 valence electrons. The van der Waals surface area contributed by atoms with Gasteiger partial charge in [-0.15, -0.1) is 0 Å². The number of non-ortho nitro benzene ring substituents is 1. The number of benzene rings is 2. The molecule has 0 unspecified atom stereocenters. The van der Waals surface area contributed by atoms with Gasteiger partial charge < -0.3 is 0 Å².